The maximum atomic E-state index is 12.1. The molecule has 0 aliphatic rings. The van der Waals surface area contributed by atoms with Gasteiger partial charge in [0.15, 0.2) is 31.2 Å². The topological polar surface area (TPSA) is 170 Å². The van der Waals surface area contributed by atoms with Gasteiger partial charge >= 0.3 is 0 Å². The summed E-state index contributed by atoms with van der Waals surface area (Å²) >= 11 is 0. The molecular formula is C16H20N2O7S2. The van der Waals surface area contributed by atoms with Crippen LogP contribution in [0.25, 0.3) is 0 Å². The molecule has 0 atom stereocenters. The third kappa shape index (κ3) is 4.89. The Bertz CT molecular complexity index is 951. The number of hydrogen-bond acceptors (Lipinski definition) is 9. The Hall–Kier alpha value is -2.34. The van der Waals surface area contributed by atoms with Crippen LogP contribution in [-0.2, 0) is 19.7 Å². The van der Waals surface area contributed by atoms with E-state index in [0.717, 1.165) is 0 Å². The summed E-state index contributed by atoms with van der Waals surface area (Å²) in [4.78, 5) is -0.216. The van der Waals surface area contributed by atoms with Crippen LogP contribution in [-0.4, -0.2) is 51.8 Å². The van der Waals surface area contributed by atoms with Crippen molar-refractivity contribution in [2.75, 3.05) is 36.2 Å². The maximum absolute atomic E-state index is 12.1. The highest BCUT2D eigenvalue weighted by Crippen LogP contribution is 2.34. The molecule has 11 heteroatoms. The molecule has 0 aliphatic carbocycles. The highest BCUT2D eigenvalue weighted by Gasteiger charge is 2.19. The van der Waals surface area contributed by atoms with E-state index < -0.39 is 44.4 Å². The predicted molar refractivity (Wildman–Crippen MR) is 100 cm³/mol. The first-order valence-electron chi connectivity index (χ1n) is 7.75. The lowest BCUT2D eigenvalue weighted by atomic mass is 10.2. The third-order valence-electron chi connectivity index (χ3n) is 3.63. The van der Waals surface area contributed by atoms with Crippen LogP contribution in [0.4, 0.5) is 11.4 Å². The van der Waals surface area contributed by atoms with Crippen molar-refractivity contribution in [3.8, 4) is 11.5 Å². The van der Waals surface area contributed by atoms with E-state index in [0.29, 0.717) is 0 Å². The SMILES string of the molecule is Nc1ccc(S(=O)(=O)CCO)cc1Oc1cc(S(=O)(=O)CCO)ccc1N. The van der Waals surface area contributed by atoms with Gasteiger partial charge in [0.05, 0.1) is 45.9 Å². The first-order valence-corrected chi connectivity index (χ1v) is 11.1. The molecule has 0 bridgehead atoms. The van der Waals surface area contributed by atoms with Gasteiger partial charge < -0.3 is 26.4 Å². The Kier molecular flexibility index (Phi) is 6.31. The Labute approximate surface area is 157 Å². The lowest BCUT2D eigenvalue weighted by Gasteiger charge is -2.13. The molecule has 0 heterocycles. The van der Waals surface area contributed by atoms with Crippen LogP contribution in [0, 0.1) is 0 Å². The molecule has 27 heavy (non-hydrogen) atoms. The van der Waals surface area contributed by atoms with Crippen molar-refractivity contribution in [3.63, 3.8) is 0 Å². The van der Waals surface area contributed by atoms with Gasteiger partial charge in [0.1, 0.15) is 0 Å². The second-order valence-corrected chi connectivity index (χ2v) is 9.80. The van der Waals surface area contributed by atoms with Gasteiger partial charge in [-0.15, -0.1) is 0 Å². The van der Waals surface area contributed by atoms with Crippen LogP contribution >= 0.6 is 0 Å². The number of anilines is 2. The minimum Gasteiger partial charge on any atom is -0.453 e. The van der Waals surface area contributed by atoms with Crippen LogP contribution in [0.3, 0.4) is 0 Å². The van der Waals surface area contributed by atoms with Crippen molar-refractivity contribution in [2.45, 2.75) is 9.79 Å². The molecule has 0 unspecified atom stereocenters. The lowest BCUT2D eigenvalue weighted by molar-refractivity contribution is 0.319. The highest BCUT2D eigenvalue weighted by atomic mass is 32.2. The highest BCUT2D eigenvalue weighted by molar-refractivity contribution is 7.91. The largest absolute Gasteiger partial charge is 0.453 e. The first kappa shape index (κ1) is 21.0. The zero-order valence-electron chi connectivity index (χ0n) is 14.2. The number of ether oxygens (including phenoxy) is 1. The van der Waals surface area contributed by atoms with E-state index in [1.807, 2.05) is 0 Å². The molecule has 2 aromatic rings. The second kappa shape index (κ2) is 8.13. The van der Waals surface area contributed by atoms with Gasteiger partial charge in [0.2, 0.25) is 0 Å². The molecule has 2 aromatic carbocycles. The number of hydrogen-bond donors (Lipinski definition) is 4. The first-order chi connectivity index (χ1) is 12.6. The van der Waals surface area contributed by atoms with Gasteiger partial charge in [-0.2, -0.15) is 0 Å². The standard InChI is InChI=1S/C16H20N2O7S2/c17-13-3-1-11(26(21,22)7-5-19)9-15(13)25-16-10-12(2-4-14(16)18)27(23,24)8-6-20/h1-4,9-10,19-20H,5-8,17-18H2. The molecule has 0 aliphatic heterocycles. The molecule has 148 valence electrons. The summed E-state index contributed by atoms with van der Waals surface area (Å²) < 4.78 is 53.9. The maximum Gasteiger partial charge on any atom is 0.180 e. The zero-order chi connectivity index (χ0) is 20.2. The van der Waals surface area contributed by atoms with E-state index in [9.17, 15) is 16.8 Å². The van der Waals surface area contributed by atoms with E-state index in [1.54, 1.807) is 0 Å². The molecule has 0 spiro atoms. The smallest absolute Gasteiger partial charge is 0.180 e. The minimum absolute atomic E-state index is 0.0302. The predicted octanol–water partition coefficient (Wildman–Crippen LogP) is 0.175. The van der Waals surface area contributed by atoms with Crippen LogP contribution in [0.2, 0.25) is 0 Å². The number of benzene rings is 2. The molecule has 0 radical (unpaired) electrons. The van der Waals surface area contributed by atoms with Gasteiger partial charge in [-0.05, 0) is 24.3 Å². The van der Waals surface area contributed by atoms with E-state index in [-0.39, 0.29) is 32.7 Å². The molecule has 0 saturated carbocycles. The van der Waals surface area contributed by atoms with Gasteiger partial charge in [-0.3, -0.25) is 0 Å². The summed E-state index contributed by atoms with van der Waals surface area (Å²) in [5.74, 6) is -0.990. The normalized spacial score (nSPS) is 12.1. The summed E-state index contributed by atoms with van der Waals surface area (Å²) in [5.41, 5.74) is 11.9. The fraction of sp³-hybridized carbons (Fsp3) is 0.250. The molecular weight excluding hydrogens is 396 g/mol. The van der Waals surface area contributed by atoms with E-state index in [2.05, 4.69) is 0 Å². The Morgan fingerprint density at radius 1 is 0.741 bits per heavy atom. The van der Waals surface area contributed by atoms with E-state index in [4.69, 9.17) is 26.4 Å². The molecule has 0 amide bonds. The molecule has 2 rings (SSSR count). The number of rotatable bonds is 8. The Morgan fingerprint density at radius 2 is 1.11 bits per heavy atom. The van der Waals surface area contributed by atoms with Gasteiger partial charge in [-0.25, -0.2) is 16.8 Å². The Balaban J connectivity index is 2.45. The summed E-state index contributed by atoms with van der Waals surface area (Å²) in [7, 11) is -7.46. The molecule has 0 saturated heterocycles. The average molecular weight is 416 g/mol. The zero-order valence-corrected chi connectivity index (χ0v) is 15.8. The number of aliphatic hydroxyl groups is 2. The van der Waals surface area contributed by atoms with Crippen LogP contribution in [0.1, 0.15) is 0 Å². The van der Waals surface area contributed by atoms with Crippen molar-refractivity contribution >= 4 is 31.0 Å². The van der Waals surface area contributed by atoms with Gasteiger partial charge in [0, 0.05) is 12.1 Å². The van der Waals surface area contributed by atoms with Crippen molar-refractivity contribution in [2.24, 2.45) is 0 Å². The second-order valence-electron chi connectivity index (χ2n) is 5.59. The van der Waals surface area contributed by atoms with Crippen molar-refractivity contribution in [1.82, 2.24) is 0 Å². The third-order valence-corrected chi connectivity index (χ3v) is 7.01. The van der Waals surface area contributed by atoms with Crippen molar-refractivity contribution in [3.05, 3.63) is 36.4 Å². The lowest BCUT2D eigenvalue weighted by Crippen LogP contribution is -2.11. The summed E-state index contributed by atoms with van der Waals surface area (Å²) in [5, 5.41) is 17.8. The number of aliphatic hydroxyl groups excluding tert-OH is 2. The van der Waals surface area contributed by atoms with Crippen LogP contribution in [0.15, 0.2) is 46.2 Å². The fourth-order valence-corrected chi connectivity index (χ4v) is 4.26. The number of nitrogens with two attached hydrogens (primary N) is 2. The van der Waals surface area contributed by atoms with Crippen LogP contribution in [0.5, 0.6) is 11.5 Å². The summed E-state index contributed by atoms with van der Waals surface area (Å²) in [6.45, 7) is -1.08. The quantitative estimate of drug-likeness (QED) is 0.438. The summed E-state index contributed by atoms with van der Waals surface area (Å²) in [6.07, 6.45) is 0. The van der Waals surface area contributed by atoms with Crippen molar-refractivity contribution < 1.29 is 31.8 Å². The number of nitrogen functional groups attached to an aromatic ring is 2. The average Bonchev–Trinajstić information content (AvgIpc) is 2.58. The minimum atomic E-state index is -3.73. The molecule has 9 nitrogen and oxygen atoms in total. The summed E-state index contributed by atoms with van der Waals surface area (Å²) in [6, 6.07) is 7.55. The molecule has 0 aromatic heterocycles. The Morgan fingerprint density at radius 3 is 1.44 bits per heavy atom. The van der Waals surface area contributed by atoms with Gasteiger partial charge in [0.25, 0.3) is 0 Å². The van der Waals surface area contributed by atoms with E-state index in [1.165, 1.54) is 36.4 Å². The van der Waals surface area contributed by atoms with Crippen molar-refractivity contribution in [1.29, 1.82) is 0 Å². The monoisotopic (exact) mass is 416 g/mol. The number of sulfone groups is 2. The van der Waals surface area contributed by atoms with E-state index >= 15 is 0 Å². The molecule has 0 fully saturated rings. The molecule has 6 N–H and O–H groups in total. The fourth-order valence-electron chi connectivity index (χ4n) is 2.19. The van der Waals surface area contributed by atoms with Gasteiger partial charge in [-0.1, -0.05) is 0 Å². The van der Waals surface area contributed by atoms with Crippen LogP contribution < -0.4 is 16.2 Å².